The van der Waals surface area contributed by atoms with Crippen molar-refractivity contribution in [3.05, 3.63) is 35.7 Å². The zero-order valence-corrected chi connectivity index (χ0v) is 9.26. The minimum atomic E-state index is 0. The predicted octanol–water partition coefficient (Wildman–Crippen LogP) is 2.39. The van der Waals surface area contributed by atoms with E-state index in [-0.39, 0.29) is 17.0 Å². The van der Waals surface area contributed by atoms with Gasteiger partial charge in [0, 0.05) is 17.3 Å². The van der Waals surface area contributed by atoms with Crippen molar-refractivity contribution in [3.8, 4) is 0 Å². The first-order chi connectivity index (χ1) is 5.36. The molecule has 2 rings (SSSR count). The molecule has 0 bridgehead atoms. The molecule has 0 aromatic heterocycles. The number of fused-ring (bicyclic) bond motifs is 1. The highest BCUT2D eigenvalue weighted by molar-refractivity contribution is 8.93. The van der Waals surface area contributed by atoms with Gasteiger partial charge in [-0.15, -0.1) is 17.0 Å². The van der Waals surface area contributed by atoms with Crippen LogP contribution >= 0.6 is 28.7 Å². The Bertz CT molecular complexity index is 247. The first kappa shape index (κ1) is 9.74. The van der Waals surface area contributed by atoms with E-state index in [4.69, 9.17) is 0 Å². The molecule has 0 radical (unpaired) electrons. The number of hydrogen-bond acceptors (Lipinski definition) is 3. The molecule has 2 aliphatic heterocycles. The molecule has 4 heteroatoms. The van der Waals surface area contributed by atoms with E-state index in [1.54, 1.807) is 0 Å². The highest BCUT2D eigenvalue weighted by atomic mass is 79.9. The highest BCUT2D eigenvalue weighted by Crippen LogP contribution is 2.31. The molecule has 0 saturated heterocycles. The lowest BCUT2D eigenvalue weighted by atomic mass is 10.5. The average molecular weight is 247 g/mol. The summed E-state index contributed by atoms with van der Waals surface area (Å²) in [5, 5.41) is 3.27. The molecular formula is C8H11BrN2S. The second-order valence-electron chi connectivity index (χ2n) is 2.52. The molecule has 0 spiro atoms. The van der Waals surface area contributed by atoms with Gasteiger partial charge in [-0.05, 0) is 25.3 Å². The van der Waals surface area contributed by atoms with Crippen molar-refractivity contribution in [2.24, 2.45) is 0 Å². The zero-order chi connectivity index (χ0) is 7.68. The van der Waals surface area contributed by atoms with Crippen molar-refractivity contribution < 1.29 is 0 Å². The summed E-state index contributed by atoms with van der Waals surface area (Å²) in [6.07, 6.45) is 10.2. The van der Waals surface area contributed by atoms with Gasteiger partial charge in [0.05, 0.1) is 0 Å². The van der Waals surface area contributed by atoms with Gasteiger partial charge < -0.3 is 10.2 Å². The molecular weight excluding hydrogens is 236 g/mol. The summed E-state index contributed by atoms with van der Waals surface area (Å²) in [6, 6.07) is 0. The smallest absolute Gasteiger partial charge is 0.155 e. The lowest BCUT2D eigenvalue weighted by Gasteiger charge is -2.18. The number of nitrogens with one attached hydrogen (secondary N) is 1. The van der Waals surface area contributed by atoms with Crippen LogP contribution in [0.3, 0.4) is 0 Å². The van der Waals surface area contributed by atoms with Crippen molar-refractivity contribution in [1.29, 1.82) is 0 Å². The molecule has 0 saturated carbocycles. The fourth-order valence-electron chi connectivity index (χ4n) is 1.13. The van der Waals surface area contributed by atoms with Gasteiger partial charge in [-0.1, -0.05) is 11.8 Å². The van der Waals surface area contributed by atoms with Crippen LogP contribution < -0.4 is 5.32 Å². The van der Waals surface area contributed by atoms with Crippen molar-refractivity contribution in [1.82, 2.24) is 10.2 Å². The molecule has 1 unspecified atom stereocenters. The Kier molecular flexibility index (Phi) is 3.29. The topological polar surface area (TPSA) is 15.3 Å². The molecule has 1 N–H and O–H groups in total. The van der Waals surface area contributed by atoms with Gasteiger partial charge >= 0.3 is 0 Å². The first-order valence-electron chi connectivity index (χ1n) is 3.58. The lowest BCUT2D eigenvalue weighted by Crippen LogP contribution is -2.30. The minimum absolute atomic E-state index is 0. The summed E-state index contributed by atoms with van der Waals surface area (Å²) in [5.41, 5.74) is 0.366. The molecule has 1 atom stereocenters. The Morgan fingerprint density at radius 1 is 1.50 bits per heavy atom. The third kappa shape index (κ3) is 1.87. The summed E-state index contributed by atoms with van der Waals surface area (Å²) in [5.74, 6) is 0. The fourth-order valence-corrected chi connectivity index (χ4v) is 2.06. The van der Waals surface area contributed by atoms with Crippen molar-refractivity contribution in [3.63, 3.8) is 0 Å². The van der Waals surface area contributed by atoms with E-state index in [0.29, 0.717) is 5.50 Å². The van der Waals surface area contributed by atoms with E-state index in [2.05, 4.69) is 29.5 Å². The Hall–Kier alpha value is -0.350. The maximum Gasteiger partial charge on any atom is 0.155 e. The number of allylic oxidation sites excluding steroid dienone is 3. The molecule has 2 nitrogen and oxygen atoms in total. The standard InChI is InChI=1S/C8H10N2S.BrH/c1-7-6-10-5-3-2-4-9-8(10)11-7;/h2-6,8-9H,1H3;1H. The fraction of sp³-hybridized carbons (Fsp3) is 0.250. The number of rotatable bonds is 0. The van der Waals surface area contributed by atoms with Gasteiger partial charge in [0.2, 0.25) is 0 Å². The van der Waals surface area contributed by atoms with Crippen molar-refractivity contribution in [2.45, 2.75) is 12.4 Å². The van der Waals surface area contributed by atoms with Crippen LogP contribution in [0.25, 0.3) is 0 Å². The van der Waals surface area contributed by atoms with Gasteiger partial charge in [0.25, 0.3) is 0 Å². The average Bonchev–Trinajstić information content (AvgIpc) is 2.17. The second-order valence-corrected chi connectivity index (χ2v) is 3.85. The maximum atomic E-state index is 3.27. The maximum absolute atomic E-state index is 3.27. The molecule has 2 aliphatic rings. The number of halogens is 1. The summed E-state index contributed by atoms with van der Waals surface area (Å²) >= 11 is 1.84. The molecule has 0 aromatic carbocycles. The second kappa shape index (κ2) is 4.05. The minimum Gasteiger partial charge on any atom is -0.362 e. The number of nitrogens with zero attached hydrogens (tertiary/aromatic N) is 1. The van der Waals surface area contributed by atoms with Gasteiger partial charge in [0.1, 0.15) is 0 Å². The van der Waals surface area contributed by atoms with Crippen molar-refractivity contribution >= 4 is 28.7 Å². The van der Waals surface area contributed by atoms with Gasteiger partial charge in [-0.3, -0.25) is 0 Å². The molecule has 66 valence electrons. The van der Waals surface area contributed by atoms with Crippen LogP contribution in [0.4, 0.5) is 0 Å². The third-order valence-electron chi connectivity index (χ3n) is 1.60. The van der Waals surface area contributed by atoms with Crippen LogP contribution in [0, 0.1) is 0 Å². The van der Waals surface area contributed by atoms with Crippen LogP contribution in [0.2, 0.25) is 0 Å². The van der Waals surface area contributed by atoms with E-state index in [0.717, 1.165) is 0 Å². The molecule has 0 aliphatic carbocycles. The van der Waals surface area contributed by atoms with Gasteiger partial charge in [-0.25, -0.2) is 0 Å². The van der Waals surface area contributed by atoms with E-state index in [1.807, 2.05) is 30.1 Å². The first-order valence-corrected chi connectivity index (χ1v) is 4.46. The summed E-state index contributed by atoms with van der Waals surface area (Å²) < 4.78 is 0. The normalized spacial score (nSPS) is 25.2. The monoisotopic (exact) mass is 246 g/mol. The Labute approximate surface area is 87.2 Å². The Morgan fingerprint density at radius 2 is 2.33 bits per heavy atom. The zero-order valence-electron chi connectivity index (χ0n) is 6.73. The van der Waals surface area contributed by atoms with Gasteiger partial charge in [-0.2, -0.15) is 0 Å². The molecule has 12 heavy (non-hydrogen) atoms. The van der Waals surface area contributed by atoms with Crippen LogP contribution in [-0.2, 0) is 0 Å². The van der Waals surface area contributed by atoms with Crippen LogP contribution in [-0.4, -0.2) is 10.4 Å². The Morgan fingerprint density at radius 3 is 3.17 bits per heavy atom. The van der Waals surface area contributed by atoms with E-state index in [9.17, 15) is 0 Å². The third-order valence-corrected chi connectivity index (χ3v) is 2.68. The summed E-state index contributed by atoms with van der Waals surface area (Å²) in [4.78, 5) is 3.52. The number of hydrogen-bond donors (Lipinski definition) is 1. The summed E-state index contributed by atoms with van der Waals surface area (Å²) in [7, 11) is 0. The van der Waals surface area contributed by atoms with E-state index < -0.39 is 0 Å². The largest absolute Gasteiger partial charge is 0.362 e. The van der Waals surface area contributed by atoms with Crippen LogP contribution in [0.5, 0.6) is 0 Å². The van der Waals surface area contributed by atoms with E-state index in [1.165, 1.54) is 4.91 Å². The summed E-state index contributed by atoms with van der Waals surface area (Å²) in [6.45, 7) is 2.12. The van der Waals surface area contributed by atoms with E-state index >= 15 is 0 Å². The molecule has 0 fully saturated rings. The molecule has 2 heterocycles. The number of thioether (sulfide) groups is 1. The quantitative estimate of drug-likeness (QED) is 0.707. The highest BCUT2D eigenvalue weighted by Gasteiger charge is 2.20. The Balaban J connectivity index is 0.000000720. The molecule has 0 aromatic rings. The lowest BCUT2D eigenvalue weighted by molar-refractivity contribution is 0.455. The van der Waals surface area contributed by atoms with Crippen LogP contribution in [0.1, 0.15) is 6.92 Å². The van der Waals surface area contributed by atoms with Gasteiger partial charge in [0.15, 0.2) is 5.50 Å². The van der Waals surface area contributed by atoms with Crippen LogP contribution in [0.15, 0.2) is 35.7 Å². The SMILES string of the molecule is Br.CC1=CN2C=CC=CNC2S1. The molecule has 0 amide bonds. The van der Waals surface area contributed by atoms with Crippen molar-refractivity contribution in [2.75, 3.05) is 0 Å². The predicted molar refractivity (Wildman–Crippen MR) is 58.7 cm³/mol.